The highest BCUT2D eigenvalue weighted by Gasteiger charge is 2.26. The van der Waals surface area contributed by atoms with Gasteiger partial charge in [0.2, 0.25) is 5.91 Å². The molecule has 0 aliphatic heterocycles. The van der Waals surface area contributed by atoms with Crippen molar-refractivity contribution in [2.75, 3.05) is 20.2 Å². The van der Waals surface area contributed by atoms with E-state index in [2.05, 4.69) is 44.4 Å². The summed E-state index contributed by atoms with van der Waals surface area (Å²) in [6, 6.07) is 26.0. The van der Waals surface area contributed by atoms with Crippen molar-refractivity contribution >= 4 is 22.6 Å². The van der Waals surface area contributed by atoms with Gasteiger partial charge in [-0.25, -0.2) is 0 Å². The van der Waals surface area contributed by atoms with Crippen LogP contribution in [0.4, 0.5) is 0 Å². The van der Waals surface area contributed by atoms with E-state index in [1.54, 1.807) is 12.0 Å². The molecule has 6 nitrogen and oxygen atoms in total. The Kier molecular flexibility index (Phi) is 10.2. The van der Waals surface area contributed by atoms with Crippen molar-refractivity contribution in [1.82, 2.24) is 14.4 Å². The highest BCUT2D eigenvalue weighted by Crippen LogP contribution is 2.20. The first-order chi connectivity index (χ1) is 19.8. The fourth-order valence-corrected chi connectivity index (χ4v) is 5.02. The molecule has 2 amide bonds. The Balaban J connectivity index is 1.54. The first kappa shape index (κ1) is 29.9. The average Bonchev–Trinajstić information content (AvgIpc) is 3.43. The summed E-state index contributed by atoms with van der Waals surface area (Å²) in [7, 11) is 1.67. The molecule has 0 fully saturated rings. The predicted octanol–water partition coefficient (Wildman–Crippen LogP) is 7.01. The van der Waals surface area contributed by atoms with E-state index >= 15 is 0 Å². The number of methoxy groups -OCH3 is 1. The van der Waals surface area contributed by atoms with Gasteiger partial charge in [-0.1, -0.05) is 63.2 Å². The van der Waals surface area contributed by atoms with Crippen LogP contribution >= 0.6 is 0 Å². The van der Waals surface area contributed by atoms with Gasteiger partial charge in [-0.15, -0.1) is 0 Å². The maximum absolute atomic E-state index is 13.9. The Morgan fingerprint density at radius 3 is 2.41 bits per heavy atom. The van der Waals surface area contributed by atoms with E-state index in [0.717, 1.165) is 40.6 Å². The molecule has 216 valence electrons. The minimum absolute atomic E-state index is 0.0328. The summed E-state index contributed by atoms with van der Waals surface area (Å²) in [6.45, 7) is 10.2. The Morgan fingerprint density at radius 1 is 0.902 bits per heavy atom. The molecule has 0 radical (unpaired) electrons. The van der Waals surface area contributed by atoms with Crippen molar-refractivity contribution in [3.8, 4) is 5.75 Å². The zero-order valence-corrected chi connectivity index (χ0v) is 25.0. The van der Waals surface area contributed by atoms with E-state index in [-0.39, 0.29) is 24.4 Å². The second-order valence-electron chi connectivity index (χ2n) is 11.2. The third-order valence-corrected chi connectivity index (χ3v) is 7.77. The predicted molar refractivity (Wildman–Crippen MR) is 166 cm³/mol. The van der Waals surface area contributed by atoms with Gasteiger partial charge in [-0.2, -0.15) is 0 Å². The zero-order valence-electron chi connectivity index (χ0n) is 25.0. The molecular formula is C35H43N3O3. The van der Waals surface area contributed by atoms with Gasteiger partial charge >= 0.3 is 0 Å². The van der Waals surface area contributed by atoms with E-state index in [4.69, 9.17) is 4.74 Å². The zero-order chi connectivity index (χ0) is 29.4. The summed E-state index contributed by atoms with van der Waals surface area (Å²) in [5.74, 6) is 1.11. The average molecular weight is 554 g/mol. The molecule has 1 atom stereocenters. The van der Waals surface area contributed by atoms with Crippen LogP contribution in [0.25, 0.3) is 10.8 Å². The number of ether oxygens (including phenoxy) is 1. The molecule has 6 heteroatoms. The molecule has 4 aromatic rings. The molecule has 0 bridgehead atoms. The molecule has 0 spiro atoms. The van der Waals surface area contributed by atoms with Crippen LogP contribution in [0.2, 0.25) is 0 Å². The van der Waals surface area contributed by atoms with Gasteiger partial charge < -0.3 is 19.1 Å². The fraction of sp³-hybridized carbons (Fsp3) is 0.371. The lowest BCUT2D eigenvalue weighted by Gasteiger charge is -2.32. The monoisotopic (exact) mass is 553 g/mol. The lowest BCUT2D eigenvalue weighted by Crippen LogP contribution is -2.46. The fourth-order valence-electron chi connectivity index (χ4n) is 5.02. The normalized spacial score (nSPS) is 12.0. The van der Waals surface area contributed by atoms with Crippen molar-refractivity contribution < 1.29 is 14.3 Å². The Hall–Kier alpha value is -4.06. The molecule has 0 saturated heterocycles. The van der Waals surface area contributed by atoms with Crippen LogP contribution in [0.15, 0.2) is 85.1 Å². The maximum Gasteiger partial charge on any atom is 0.254 e. The van der Waals surface area contributed by atoms with Crippen LogP contribution in [0, 0.1) is 5.92 Å². The number of carbonyl (C=O) groups is 2. The Labute approximate surface area is 244 Å². The highest BCUT2D eigenvalue weighted by molar-refractivity contribution is 6.00. The van der Waals surface area contributed by atoms with Crippen molar-refractivity contribution in [1.29, 1.82) is 0 Å². The minimum atomic E-state index is -0.102. The number of aromatic nitrogens is 1. The van der Waals surface area contributed by atoms with Crippen LogP contribution < -0.4 is 4.74 Å². The number of nitrogens with zero attached hydrogens (tertiary/aromatic N) is 3. The van der Waals surface area contributed by atoms with Crippen molar-refractivity contribution in [2.24, 2.45) is 5.92 Å². The van der Waals surface area contributed by atoms with Gasteiger partial charge in [-0.3, -0.25) is 9.59 Å². The Morgan fingerprint density at radius 2 is 1.68 bits per heavy atom. The number of carbonyl (C=O) groups excluding carboxylic acids is 2. The van der Waals surface area contributed by atoms with E-state index < -0.39 is 0 Å². The summed E-state index contributed by atoms with van der Waals surface area (Å²) in [4.78, 5) is 31.4. The SMILES string of the molecule is CC[C@@H](C)N(Cc1cccn1Cc1cccc(OC)c1)C(=O)CN(CCC(C)C)C(=O)c1ccc2ccccc2c1. The molecule has 0 unspecified atom stereocenters. The lowest BCUT2D eigenvalue weighted by molar-refractivity contribution is -0.134. The van der Waals surface area contributed by atoms with Crippen LogP contribution in [0.1, 0.15) is 62.2 Å². The van der Waals surface area contributed by atoms with Crippen molar-refractivity contribution in [3.05, 3.63) is 102 Å². The summed E-state index contributed by atoms with van der Waals surface area (Å²) < 4.78 is 7.57. The third kappa shape index (κ3) is 7.78. The van der Waals surface area contributed by atoms with Crippen molar-refractivity contribution in [3.63, 3.8) is 0 Å². The van der Waals surface area contributed by atoms with Gasteiger partial charge in [0, 0.05) is 36.6 Å². The van der Waals surface area contributed by atoms with Crippen LogP contribution in [0.5, 0.6) is 5.75 Å². The van der Waals surface area contributed by atoms with E-state index in [1.807, 2.05) is 77.8 Å². The molecule has 41 heavy (non-hydrogen) atoms. The molecule has 1 heterocycles. The highest BCUT2D eigenvalue weighted by atomic mass is 16.5. The van der Waals surface area contributed by atoms with Gasteiger partial charge in [-0.05, 0) is 78.4 Å². The Bertz CT molecular complexity index is 1460. The van der Waals surface area contributed by atoms with E-state index in [9.17, 15) is 9.59 Å². The molecule has 1 aromatic heterocycles. The summed E-state index contributed by atoms with van der Waals surface area (Å²) in [6.07, 6.45) is 3.71. The second-order valence-corrected chi connectivity index (χ2v) is 11.2. The number of hydrogen-bond donors (Lipinski definition) is 0. The smallest absolute Gasteiger partial charge is 0.254 e. The number of hydrogen-bond acceptors (Lipinski definition) is 3. The van der Waals surface area contributed by atoms with E-state index in [1.165, 1.54) is 0 Å². The first-order valence-corrected chi connectivity index (χ1v) is 14.6. The molecular weight excluding hydrogens is 510 g/mol. The summed E-state index contributed by atoms with van der Waals surface area (Å²) in [5.41, 5.74) is 2.79. The first-order valence-electron chi connectivity index (χ1n) is 14.6. The quantitative estimate of drug-likeness (QED) is 0.179. The van der Waals surface area contributed by atoms with Gasteiger partial charge in [0.15, 0.2) is 0 Å². The van der Waals surface area contributed by atoms with Gasteiger partial charge in [0.1, 0.15) is 12.3 Å². The molecule has 4 rings (SSSR count). The molecule has 0 aliphatic carbocycles. The van der Waals surface area contributed by atoms with Gasteiger partial charge in [0.05, 0.1) is 13.7 Å². The maximum atomic E-state index is 13.9. The standard InChI is InChI=1S/C35H43N3O3/c1-6-27(4)38(24-32-14-10-19-36(32)23-28-11-9-15-33(21-28)41-5)34(39)25-37(20-18-26(2)3)35(40)31-17-16-29-12-7-8-13-30(29)22-31/h7-17,19,21-22,26-27H,6,18,20,23-25H2,1-5H3/t27-/m1/s1. The third-order valence-electron chi connectivity index (χ3n) is 7.77. The number of rotatable bonds is 13. The molecule has 0 N–H and O–H groups in total. The largest absolute Gasteiger partial charge is 0.497 e. The van der Waals surface area contributed by atoms with E-state index in [0.29, 0.717) is 31.1 Å². The lowest BCUT2D eigenvalue weighted by atomic mass is 10.1. The van der Waals surface area contributed by atoms with Crippen LogP contribution in [-0.2, 0) is 17.9 Å². The van der Waals surface area contributed by atoms with Gasteiger partial charge in [0.25, 0.3) is 5.91 Å². The molecule has 0 saturated carbocycles. The van der Waals surface area contributed by atoms with Crippen LogP contribution in [-0.4, -0.2) is 52.4 Å². The molecule has 3 aromatic carbocycles. The number of amides is 2. The summed E-state index contributed by atoms with van der Waals surface area (Å²) in [5, 5.41) is 2.11. The summed E-state index contributed by atoms with van der Waals surface area (Å²) >= 11 is 0. The van der Waals surface area contributed by atoms with Crippen LogP contribution in [0.3, 0.4) is 0 Å². The second kappa shape index (κ2) is 14.0. The number of fused-ring (bicyclic) bond motifs is 1. The number of benzene rings is 3. The molecule has 0 aliphatic rings. The minimum Gasteiger partial charge on any atom is -0.497 e. The topological polar surface area (TPSA) is 54.8 Å². The van der Waals surface area contributed by atoms with Crippen molar-refractivity contribution in [2.45, 2.75) is 59.7 Å².